The summed E-state index contributed by atoms with van der Waals surface area (Å²) in [5.74, 6) is -0.891. The predicted octanol–water partition coefficient (Wildman–Crippen LogP) is 5.36. The molecule has 3 aromatic carbocycles. The van der Waals surface area contributed by atoms with E-state index in [4.69, 9.17) is 23.2 Å². The van der Waals surface area contributed by atoms with Gasteiger partial charge in [-0.2, -0.15) is 18.3 Å². The highest BCUT2D eigenvalue weighted by molar-refractivity contribution is 7.92. The van der Waals surface area contributed by atoms with Crippen molar-refractivity contribution in [3.63, 3.8) is 0 Å². The van der Waals surface area contributed by atoms with Crippen LogP contribution in [0.1, 0.15) is 11.1 Å². The van der Waals surface area contributed by atoms with Gasteiger partial charge in [-0.15, -0.1) is 0 Å². The summed E-state index contributed by atoms with van der Waals surface area (Å²) < 4.78 is 66.6. The zero-order chi connectivity index (χ0) is 24.9. The second-order valence-electron chi connectivity index (χ2n) is 6.82. The van der Waals surface area contributed by atoms with Crippen LogP contribution in [0.15, 0.2) is 82.8 Å². The number of amides is 1. The summed E-state index contributed by atoms with van der Waals surface area (Å²) in [6.45, 7) is -0.719. The zero-order valence-corrected chi connectivity index (χ0v) is 19.5. The average molecular weight is 530 g/mol. The number of anilines is 1. The van der Waals surface area contributed by atoms with E-state index in [2.05, 4.69) is 10.5 Å². The van der Waals surface area contributed by atoms with Gasteiger partial charge in [0.1, 0.15) is 6.54 Å². The van der Waals surface area contributed by atoms with Gasteiger partial charge in [0.15, 0.2) is 0 Å². The number of benzene rings is 3. The topological polar surface area (TPSA) is 78.8 Å². The fourth-order valence-electron chi connectivity index (χ4n) is 2.89. The van der Waals surface area contributed by atoms with Gasteiger partial charge < -0.3 is 0 Å². The van der Waals surface area contributed by atoms with Crippen LogP contribution < -0.4 is 9.73 Å². The van der Waals surface area contributed by atoms with Crippen LogP contribution in [-0.4, -0.2) is 27.1 Å². The Balaban J connectivity index is 1.86. The normalized spacial score (nSPS) is 12.0. The zero-order valence-electron chi connectivity index (χ0n) is 17.1. The number of hydrogen-bond donors (Lipinski definition) is 1. The molecule has 1 N–H and O–H groups in total. The van der Waals surface area contributed by atoms with Gasteiger partial charge in [-0.05, 0) is 48.5 Å². The smallest absolute Gasteiger partial charge is 0.271 e. The van der Waals surface area contributed by atoms with Gasteiger partial charge >= 0.3 is 6.18 Å². The number of nitrogens with zero attached hydrogens (tertiary/aromatic N) is 2. The van der Waals surface area contributed by atoms with Crippen LogP contribution in [-0.2, 0) is 21.0 Å². The van der Waals surface area contributed by atoms with Crippen LogP contribution in [0.5, 0.6) is 0 Å². The standard InChI is InChI=1S/C22H16Cl2F3N3O3S/c23-16-8-10-19(11-9-16)34(32,33)30(18-6-3-5-17(24)12-18)14-21(31)29-28-13-15-4-1-2-7-20(15)22(25,26)27/h1-13H,14H2,(H,29,31)/b28-13-. The number of carbonyl (C=O) groups is 1. The quantitative estimate of drug-likeness (QED) is 0.330. The first-order chi connectivity index (χ1) is 16.0. The number of nitrogens with one attached hydrogen (secondary N) is 1. The van der Waals surface area contributed by atoms with Crippen LogP contribution in [0.25, 0.3) is 0 Å². The van der Waals surface area contributed by atoms with Gasteiger partial charge in [-0.3, -0.25) is 9.10 Å². The van der Waals surface area contributed by atoms with Crippen LogP contribution in [0.4, 0.5) is 18.9 Å². The molecule has 0 radical (unpaired) electrons. The number of hydrazone groups is 1. The first kappa shape index (κ1) is 25.5. The summed E-state index contributed by atoms with van der Waals surface area (Å²) >= 11 is 11.8. The van der Waals surface area contributed by atoms with E-state index in [9.17, 15) is 26.4 Å². The molecule has 12 heteroatoms. The molecule has 0 aliphatic carbocycles. The van der Waals surface area contributed by atoms with Crippen LogP contribution >= 0.6 is 23.2 Å². The van der Waals surface area contributed by atoms with Crippen molar-refractivity contribution in [2.45, 2.75) is 11.1 Å². The molecule has 0 atom stereocenters. The minimum atomic E-state index is -4.61. The Hall–Kier alpha value is -3.08. The highest BCUT2D eigenvalue weighted by Crippen LogP contribution is 2.31. The molecule has 0 heterocycles. The van der Waals surface area contributed by atoms with Crippen LogP contribution in [0, 0.1) is 0 Å². The van der Waals surface area contributed by atoms with Crippen molar-refractivity contribution in [1.82, 2.24) is 5.43 Å². The first-order valence-corrected chi connectivity index (χ1v) is 11.7. The van der Waals surface area contributed by atoms with E-state index in [-0.39, 0.29) is 21.2 Å². The molecule has 0 aromatic heterocycles. The Morgan fingerprint density at radius 2 is 1.65 bits per heavy atom. The second-order valence-corrected chi connectivity index (χ2v) is 9.56. The Labute approximate surface area is 203 Å². The average Bonchev–Trinajstić information content (AvgIpc) is 2.77. The molecule has 0 saturated carbocycles. The van der Waals surface area contributed by atoms with Gasteiger partial charge in [0.05, 0.1) is 22.4 Å². The summed E-state index contributed by atoms with van der Waals surface area (Å²) in [7, 11) is -4.23. The molecule has 0 saturated heterocycles. The molecule has 178 valence electrons. The van der Waals surface area contributed by atoms with Crippen molar-refractivity contribution in [2.75, 3.05) is 10.8 Å². The molecule has 34 heavy (non-hydrogen) atoms. The Kier molecular flexibility index (Phi) is 7.86. The maximum Gasteiger partial charge on any atom is 0.417 e. The number of rotatable bonds is 7. The van der Waals surface area contributed by atoms with Crippen molar-refractivity contribution in [3.05, 3.63) is 94.0 Å². The lowest BCUT2D eigenvalue weighted by atomic mass is 10.1. The minimum absolute atomic E-state index is 0.101. The maximum atomic E-state index is 13.2. The van der Waals surface area contributed by atoms with Gasteiger partial charge in [0, 0.05) is 15.6 Å². The number of alkyl halides is 3. The van der Waals surface area contributed by atoms with Gasteiger partial charge in [0.25, 0.3) is 15.9 Å². The minimum Gasteiger partial charge on any atom is -0.271 e. The number of sulfonamides is 1. The largest absolute Gasteiger partial charge is 0.417 e. The van der Waals surface area contributed by atoms with E-state index in [1.54, 1.807) is 0 Å². The Morgan fingerprint density at radius 1 is 0.971 bits per heavy atom. The third-order valence-corrected chi connectivity index (χ3v) is 6.72. The highest BCUT2D eigenvalue weighted by Gasteiger charge is 2.32. The van der Waals surface area contributed by atoms with Gasteiger partial charge in [-0.25, -0.2) is 13.8 Å². The fraction of sp³-hybridized carbons (Fsp3) is 0.0909. The SMILES string of the molecule is O=C(CN(c1cccc(Cl)c1)S(=O)(=O)c1ccc(Cl)cc1)N/N=C\c1ccccc1C(F)(F)F. The summed E-state index contributed by atoms with van der Waals surface area (Å²) in [5, 5.41) is 4.11. The van der Waals surface area contributed by atoms with Crippen LogP contribution in [0.3, 0.4) is 0 Å². The summed E-state index contributed by atoms with van der Waals surface area (Å²) in [6, 6.07) is 15.8. The van der Waals surface area contributed by atoms with Crippen molar-refractivity contribution in [2.24, 2.45) is 5.10 Å². The molecule has 0 fully saturated rings. The van der Waals surface area contributed by atoms with E-state index in [1.165, 1.54) is 66.7 Å². The molecule has 6 nitrogen and oxygen atoms in total. The monoisotopic (exact) mass is 529 g/mol. The van der Waals surface area contributed by atoms with E-state index < -0.39 is 34.2 Å². The molecule has 0 aliphatic heterocycles. The second kappa shape index (κ2) is 10.5. The fourth-order valence-corrected chi connectivity index (χ4v) is 4.61. The highest BCUT2D eigenvalue weighted by atomic mass is 35.5. The summed E-state index contributed by atoms with van der Waals surface area (Å²) in [4.78, 5) is 12.4. The van der Waals surface area contributed by atoms with Crippen LogP contribution in [0.2, 0.25) is 10.0 Å². The van der Waals surface area contributed by atoms with E-state index in [1.807, 2.05) is 0 Å². The summed E-state index contributed by atoms with van der Waals surface area (Å²) in [6.07, 6.45) is -3.78. The Morgan fingerprint density at radius 3 is 2.29 bits per heavy atom. The molecular formula is C22H16Cl2F3N3O3S. The third kappa shape index (κ3) is 6.28. The van der Waals surface area contributed by atoms with Crippen molar-refractivity contribution in [3.8, 4) is 0 Å². The van der Waals surface area contributed by atoms with Gasteiger partial charge in [-0.1, -0.05) is 47.5 Å². The van der Waals surface area contributed by atoms with Crippen molar-refractivity contribution >= 4 is 51.0 Å². The first-order valence-electron chi connectivity index (χ1n) is 9.50. The predicted molar refractivity (Wildman–Crippen MR) is 125 cm³/mol. The molecule has 0 bridgehead atoms. The van der Waals surface area contributed by atoms with E-state index in [0.29, 0.717) is 5.02 Å². The number of hydrogen-bond acceptors (Lipinski definition) is 4. The molecule has 3 rings (SSSR count). The molecular weight excluding hydrogens is 514 g/mol. The van der Waals surface area contributed by atoms with Crippen molar-refractivity contribution in [1.29, 1.82) is 0 Å². The molecule has 1 amide bonds. The number of carbonyl (C=O) groups excluding carboxylic acids is 1. The molecule has 3 aromatic rings. The molecule has 0 unspecified atom stereocenters. The number of halogens is 5. The lowest BCUT2D eigenvalue weighted by molar-refractivity contribution is -0.137. The maximum absolute atomic E-state index is 13.2. The molecule has 0 spiro atoms. The van der Waals surface area contributed by atoms with E-state index >= 15 is 0 Å². The van der Waals surface area contributed by atoms with E-state index in [0.717, 1.165) is 16.6 Å². The molecule has 0 aliphatic rings. The van der Waals surface area contributed by atoms with Gasteiger partial charge in [0.2, 0.25) is 0 Å². The Bertz CT molecular complexity index is 1310. The summed E-state index contributed by atoms with van der Waals surface area (Å²) in [5.41, 5.74) is 0.962. The van der Waals surface area contributed by atoms with Crippen molar-refractivity contribution < 1.29 is 26.4 Å². The lowest BCUT2D eigenvalue weighted by Gasteiger charge is -2.24. The lowest BCUT2D eigenvalue weighted by Crippen LogP contribution is -2.39. The third-order valence-electron chi connectivity index (χ3n) is 4.44.